The molecule has 2 atom stereocenters. The van der Waals surface area contributed by atoms with Crippen molar-refractivity contribution in [2.45, 2.75) is 76.5 Å². The minimum Gasteiger partial charge on any atom is -0.480 e. The van der Waals surface area contributed by atoms with Crippen LogP contribution in [0.2, 0.25) is 0 Å². The van der Waals surface area contributed by atoms with E-state index < -0.39 is 24.0 Å². The highest BCUT2D eigenvalue weighted by Gasteiger charge is 2.11. The van der Waals surface area contributed by atoms with Gasteiger partial charge >= 0.3 is 11.9 Å². The molecular formula is C34H50N6O4+2. The van der Waals surface area contributed by atoms with Crippen LogP contribution in [0.5, 0.6) is 0 Å². The van der Waals surface area contributed by atoms with E-state index in [1.165, 1.54) is 38.5 Å². The molecule has 6 N–H and O–H groups in total. The van der Waals surface area contributed by atoms with E-state index in [-0.39, 0.29) is 0 Å². The van der Waals surface area contributed by atoms with Crippen LogP contribution in [-0.2, 0) is 49.6 Å². The van der Waals surface area contributed by atoms with E-state index in [2.05, 4.69) is 69.8 Å². The molecule has 0 bridgehead atoms. The number of hydrogen-bond donors (Lipinski definition) is 4. The summed E-state index contributed by atoms with van der Waals surface area (Å²) in [6, 6.07) is 17.1. The minimum atomic E-state index is -0.959. The van der Waals surface area contributed by atoms with Crippen molar-refractivity contribution in [2.24, 2.45) is 25.6 Å². The number of carboxylic acid groups (broad SMARTS) is 2. The number of nitrogens with zero attached hydrogens (tertiary/aromatic N) is 4. The Bertz CT molecular complexity index is 1240. The van der Waals surface area contributed by atoms with E-state index in [9.17, 15) is 9.59 Å². The normalized spacial score (nSPS) is 11.8. The van der Waals surface area contributed by atoms with Crippen LogP contribution in [0, 0.1) is 0 Å². The largest absolute Gasteiger partial charge is 0.480 e. The van der Waals surface area contributed by atoms with Crippen molar-refractivity contribution in [1.29, 1.82) is 0 Å². The van der Waals surface area contributed by atoms with Crippen LogP contribution >= 0.6 is 0 Å². The molecule has 0 saturated carbocycles. The van der Waals surface area contributed by atoms with Crippen LogP contribution < -0.4 is 20.6 Å². The number of benzene rings is 2. The number of aromatic nitrogens is 4. The fourth-order valence-corrected chi connectivity index (χ4v) is 4.47. The maximum atomic E-state index is 10.4. The van der Waals surface area contributed by atoms with Crippen LogP contribution in [0.1, 0.15) is 49.7 Å². The molecule has 44 heavy (non-hydrogen) atoms. The number of carboxylic acids is 2. The molecule has 0 unspecified atom stereocenters. The molecule has 10 heteroatoms. The van der Waals surface area contributed by atoms with Gasteiger partial charge in [0.15, 0.2) is 0 Å². The average molecular weight is 607 g/mol. The Labute approximate surface area is 261 Å². The van der Waals surface area contributed by atoms with Gasteiger partial charge in [0.25, 0.3) is 0 Å². The number of nitrogens with two attached hydrogens (primary N) is 2. The van der Waals surface area contributed by atoms with Crippen molar-refractivity contribution >= 4 is 11.9 Å². The van der Waals surface area contributed by atoms with Gasteiger partial charge in [-0.15, -0.1) is 0 Å². The average Bonchev–Trinajstić information content (AvgIpc) is 3.63. The zero-order valence-electron chi connectivity index (χ0n) is 26.1. The number of carbonyl (C=O) groups is 2. The molecule has 0 fully saturated rings. The van der Waals surface area contributed by atoms with Gasteiger partial charge in [-0.3, -0.25) is 9.59 Å². The van der Waals surface area contributed by atoms with Crippen LogP contribution in [0.3, 0.4) is 0 Å². The number of aryl methyl sites for hydroxylation is 4. The summed E-state index contributed by atoms with van der Waals surface area (Å²) in [5, 5.41) is 17.0. The predicted molar refractivity (Wildman–Crippen MR) is 170 cm³/mol. The molecule has 10 nitrogen and oxygen atoms in total. The number of hydrogen-bond acceptors (Lipinski definition) is 4. The quantitative estimate of drug-likeness (QED) is 0.121. The van der Waals surface area contributed by atoms with Gasteiger partial charge in [-0.2, -0.15) is 0 Å². The maximum Gasteiger partial charge on any atom is 0.320 e. The molecule has 0 aliphatic heterocycles. The van der Waals surface area contributed by atoms with Crippen molar-refractivity contribution in [3.8, 4) is 0 Å². The van der Waals surface area contributed by atoms with Gasteiger partial charge < -0.3 is 21.7 Å². The third kappa shape index (κ3) is 15.8. The lowest BCUT2D eigenvalue weighted by atomic mass is 10.1. The summed E-state index contributed by atoms with van der Waals surface area (Å²) in [4.78, 5) is 20.8. The van der Waals surface area contributed by atoms with Crippen LogP contribution in [0.4, 0.5) is 0 Å². The second kappa shape index (κ2) is 20.6. The van der Waals surface area contributed by atoms with Crippen molar-refractivity contribution in [2.75, 3.05) is 0 Å². The number of aliphatic carboxylic acids is 2. The van der Waals surface area contributed by atoms with Gasteiger partial charge in [-0.25, -0.2) is 18.3 Å². The number of imidazole rings is 2. The van der Waals surface area contributed by atoms with Crippen molar-refractivity contribution in [3.05, 3.63) is 109 Å². The molecule has 0 saturated heterocycles. The first-order chi connectivity index (χ1) is 21.1. The Kier molecular flexibility index (Phi) is 16.8. The second-order valence-electron chi connectivity index (χ2n) is 11.0. The zero-order chi connectivity index (χ0) is 32.2. The predicted octanol–water partition coefficient (Wildman–Crippen LogP) is 3.26. The summed E-state index contributed by atoms with van der Waals surface area (Å²) in [5.74, 6) is -1.92. The van der Waals surface area contributed by atoms with Gasteiger partial charge in [0, 0.05) is 0 Å². The highest BCUT2D eigenvalue weighted by molar-refractivity contribution is 5.73. The SMILES string of the molecule is Cn1cc[n+](CCCCCCCC[n+]2ccn(C)c2)c1.N[C@@H](Cc1ccccc1)C(=O)O.N[C@@H](Cc1ccccc1)C(=O)O. The van der Waals surface area contributed by atoms with E-state index in [1.807, 2.05) is 60.7 Å². The lowest BCUT2D eigenvalue weighted by Crippen LogP contribution is -2.32. The van der Waals surface area contributed by atoms with E-state index in [1.54, 1.807) is 0 Å². The van der Waals surface area contributed by atoms with Gasteiger partial charge in [-0.1, -0.05) is 73.5 Å². The lowest BCUT2D eigenvalue weighted by molar-refractivity contribution is -0.697. The summed E-state index contributed by atoms with van der Waals surface area (Å²) in [6.07, 6.45) is 21.6. The monoisotopic (exact) mass is 606 g/mol. The molecule has 0 spiro atoms. The molecule has 4 aromatic rings. The molecular weight excluding hydrogens is 556 g/mol. The maximum absolute atomic E-state index is 10.4. The first-order valence-electron chi connectivity index (χ1n) is 15.2. The third-order valence-corrected chi connectivity index (χ3v) is 6.96. The van der Waals surface area contributed by atoms with Crippen molar-refractivity contribution < 1.29 is 28.9 Å². The molecule has 2 aromatic carbocycles. The van der Waals surface area contributed by atoms with Crippen molar-refractivity contribution in [1.82, 2.24) is 9.13 Å². The molecule has 0 amide bonds. The standard InChI is InChI=1S/C16H28N4.2C9H11NO2/c1-17-11-13-19(15-17)9-7-5-3-4-6-8-10-20-14-12-18(2)16-20;2*10-8(9(11)12)6-7-4-2-1-3-5-7/h11-16H,3-10H2,1-2H3;2*1-5,8H,6,10H2,(H,11,12)/q+2;;/t;2*8-/m.00/s1. The van der Waals surface area contributed by atoms with E-state index in [0.717, 1.165) is 24.2 Å². The Morgan fingerprint density at radius 1 is 0.636 bits per heavy atom. The number of rotatable bonds is 15. The van der Waals surface area contributed by atoms with Crippen LogP contribution in [0.15, 0.2) is 98.1 Å². The van der Waals surface area contributed by atoms with Gasteiger partial charge in [0.1, 0.15) is 36.9 Å². The molecule has 2 aromatic heterocycles. The second-order valence-corrected chi connectivity index (χ2v) is 11.0. The summed E-state index contributed by atoms with van der Waals surface area (Å²) in [7, 11) is 4.14. The van der Waals surface area contributed by atoms with Crippen LogP contribution in [0.25, 0.3) is 0 Å². The Balaban J connectivity index is 0.000000244. The van der Waals surface area contributed by atoms with Gasteiger partial charge in [0.2, 0.25) is 12.7 Å². The van der Waals surface area contributed by atoms with Crippen molar-refractivity contribution in [3.63, 3.8) is 0 Å². The molecule has 2 heterocycles. The summed E-state index contributed by atoms with van der Waals surface area (Å²) in [5.41, 5.74) is 12.6. The summed E-state index contributed by atoms with van der Waals surface area (Å²) < 4.78 is 8.74. The van der Waals surface area contributed by atoms with Gasteiger partial charge in [-0.05, 0) is 49.7 Å². The highest BCUT2D eigenvalue weighted by atomic mass is 16.4. The molecule has 0 aliphatic rings. The summed E-state index contributed by atoms with van der Waals surface area (Å²) >= 11 is 0. The smallest absolute Gasteiger partial charge is 0.320 e. The van der Waals surface area contributed by atoms with E-state index >= 15 is 0 Å². The first kappa shape index (κ1) is 35.9. The minimum absolute atomic E-state index is 0.385. The van der Waals surface area contributed by atoms with E-state index in [4.69, 9.17) is 21.7 Å². The number of unbranched alkanes of at least 4 members (excludes halogenated alkanes) is 5. The first-order valence-corrected chi connectivity index (χ1v) is 15.2. The molecule has 0 radical (unpaired) electrons. The third-order valence-electron chi connectivity index (χ3n) is 6.96. The van der Waals surface area contributed by atoms with Crippen LogP contribution in [-0.4, -0.2) is 43.4 Å². The molecule has 0 aliphatic carbocycles. The lowest BCUT2D eigenvalue weighted by Gasteiger charge is -2.04. The topological polar surface area (TPSA) is 144 Å². The fraction of sp³-hybridized carbons (Fsp3) is 0.412. The Morgan fingerprint density at radius 2 is 0.977 bits per heavy atom. The zero-order valence-corrected chi connectivity index (χ0v) is 26.1. The Hall–Kier alpha value is -4.28. The highest BCUT2D eigenvalue weighted by Crippen LogP contribution is 2.06. The Morgan fingerprint density at radius 3 is 1.27 bits per heavy atom. The van der Waals surface area contributed by atoms with E-state index in [0.29, 0.717) is 12.8 Å². The molecule has 4 rings (SSSR count). The summed E-state index contributed by atoms with van der Waals surface area (Å²) in [6.45, 7) is 2.31. The molecule has 238 valence electrons. The fourth-order valence-electron chi connectivity index (χ4n) is 4.47. The van der Waals surface area contributed by atoms with Gasteiger partial charge in [0.05, 0.1) is 27.2 Å².